The van der Waals surface area contributed by atoms with E-state index in [1.807, 2.05) is 13.0 Å². The average Bonchev–Trinajstić information content (AvgIpc) is 2.86. The number of nitrogens with zero attached hydrogens (tertiary/aromatic N) is 3. The van der Waals surface area contributed by atoms with Crippen LogP contribution in [0.25, 0.3) is 0 Å². The third-order valence-electron chi connectivity index (χ3n) is 2.82. The van der Waals surface area contributed by atoms with E-state index in [4.69, 9.17) is 5.26 Å². The molecule has 0 aliphatic heterocycles. The fraction of sp³-hybridized carbons (Fsp3) is 0.231. The summed E-state index contributed by atoms with van der Waals surface area (Å²) in [6, 6.07) is 6.50. The van der Waals surface area contributed by atoms with Crippen molar-refractivity contribution in [1.82, 2.24) is 9.78 Å². The molecule has 20 heavy (non-hydrogen) atoms. The summed E-state index contributed by atoms with van der Waals surface area (Å²) >= 11 is 0. The lowest BCUT2D eigenvalue weighted by Crippen LogP contribution is -2.14. The number of nitrogens with one attached hydrogen (secondary N) is 1. The van der Waals surface area contributed by atoms with E-state index >= 15 is 0 Å². The van der Waals surface area contributed by atoms with Crippen molar-refractivity contribution in [2.75, 3.05) is 4.72 Å². The maximum Gasteiger partial charge on any atom is 0.262 e. The van der Waals surface area contributed by atoms with Crippen molar-refractivity contribution in [3.8, 4) is 6.07 Å². The highest BCUT2D eigenvalue weighted by molar-refractivity contribution is 7.92. The molecule has 1 heterocycles. The third kappa shape index (κ3) is 2.81. The van der Waals surface area contributed by atoms with E-state index in [2.05, 4.69) is 9.82 Å². The Hall–Kier alpha value is -2.33. The first-order chi connectivity index (χ1) is 9.46. The fourth-order valence-corrected chi connectivity index (χ4v) is 3.06. The van der Waals surface area contributed by atoms with Crippen molar-refractivity contribution in [1.29, 1.82) is 5.26 Å². The Balaban J connectivity index is 2.38. The van der Waals surface area contributed by atoms with E-state index in [9.17, 15) is 8.42 Å². The zero-order chi connectivity index (χ0) is 14.8. The van der Waals surface area contributed by atoms with Crippen LogP contribution in [0.15, 0.2) is 35.5 Å². The number of sulfonamides is 1. The quantitative estimate of drug-likeness (QED) is 0.931. The molecular formula is C13H14N4O2S. The molecule has 2 rings (SSSR count). The Bertz CT molecular complexity index is 772. The highest BCUT2D eigenvalue weighted by Crippen LogP contribution is 2.20. The minimum Gasteiger partial charge on any atom is -0.276 e. The summed E-state index contributed by atoms with van der Waals surface area (Å²) in [6.07, 6.45) is 3.06. The summed E-state index contributed by atoms with van der Waals surface area (Å²) in [5.41, 5.74) is 1.29. The zero-order valence-corrected chi connectivity index (χ0v) is 12.0. The van der Waals surface area contributed by atoms with E-state index in [0.29, 0.717) is 23.4 Å². The molecule has 2 aromatic rings. The molecule has 1 aromatic heterocycles. The van der Waals surface area contributed by atoms with Crippen LogP contribution >= 0.6 is 0 Å². The van der Waals surface area contributed by atoms with E-state index in [1.54, 1.807) is 29.9 Å². The van der Waals surface area contributed by atoms with Crippen LogP contribution in [0.1, 0.15) is 18.1 Å². The summed E-state index contributed by atoms with van der Waals surface area (Å²) in [4.78, 5) is 0.0980. The largest absolute Gasteiger partial charge is 0.276 e. The summed E-state index contributed by atoms with van der Waals surface area (Å²) in [5, 5.41) is 12.9. The highest BCUT2D eigenvalue weighted by Gasteiger charge is 2.18. The average molecular weight is 290 g/mol. The lowest BCUT2D eigenvalue weighted by atomic mass is 10.2. The predicted octanol–water partition coefficient (Wildman–Crippen LogP) is 1.88. The van der Waals surface area contributed by atoms with Crippen LogP contribution in [0.2, 0.25) is 0 Å². The SMILES string of the molecule is CCn1cc(NS(=O)(=O)c2cc(C#N)ccc2C)cn1. The van der Waals surface area contributed by atoms with Gasteiger partial charge in [0.15, 0.2) is 0 Å². The number of anilines is 1. The van der Waals surface area contributed by atoms with Crippen LogP contribution in [0.5, 0.6) is 0 Å². The topological polar surface area (TPSA) is 87.8 Å². The van der Waals surface area contributed by atoms with Gasteiger partial charge in [-0.1, -0.05) is 6.07 Å². The minimum absolute atomic E-state index is 0.0980. The standard InChI is InChI=1S/C13H14N4O2S/c1-3-17-9-12(8-15-17)16-20(18,19)13-6-11(7-14)5-4-10(13)2/h4-6,8-9,16H,3H2,1-2H3. The van der Waals surface area contributed by atoms with Gasteiger partial charge in [0.25, 0.3) is 10.0 Å². The molecule has 0 radical (unpaired) electrons. The second-order valence-electron chi connectivity index (χ2n) is 4.28. The predicted molar refractivity (Wildman–Crippen MR) is 74.6 cm³/mol. The molecule has 104 valence electrons. The normalized spacial score (nSPS) is 11.1. The van der Waals surface area contributed by atoms with Crippen molar-refractivity contribution in [2.24, 2.45) is 0 Å². The second kappa shape index (κ2) is 5.35. The van der Waals surface area contributed by atoms with Crippen LogP contribution in [-0.2, 0) is 16.6 Å². The maximum absolute atomic E-state index is 12.3. The summed E-state index contributed by atoms with van der Waals surface area (Å²) in [5.74, 6) is 0. The Morgan fingerprint density at radius 1 is 1.45 bits per heavy atom. The molecule has 0 aliphatic carbocycles. The van der Waals surface area contributed by atoms with Crippen LogP contribution < -0.4 is 4.72 Å². The molecule has 0 unspecified atom stereocenters. The van der Waals surface area contributed by atoms with Crippen LogP contribution in [0.3, 0.4) is 0 Å². The molecular weight excluding hydrogens is 276 g/mol. The number of hydrogen-bond donors (Lipinski definition) is 1. The molecule has 7 heteroatoms. The van der Waals surface area contributed by atoms with Crippen LogP contribution in [-0.4, -0.2) is 18.2 Å². The van der Waals surface area contributed by atoms with Gasteiger partial charge in [0.1, 0.15) is 0 Å². The molecule has 0 bridgehead atoms. The fourth-order valence-electron chi connectivity index (χ4n) is 1.76. The molecule has 1 aromatic carbocycles. The molecule has 6 nitrogen and oxygen atoms in total. The van der Waals surface area contributed by atoms with Gasteiger partial charge < -0.3 is 0 Å². The van der Waals surface area contributed by atoms with Crippen molar-refractivity contribution < 1.29 is 8.42 Å². The molecule has 0 fully saturated rings. The first kappa shape index (κ1) is 14.1. The van der Waals surface area contributed by atoms with E-state index in [-0.39, 0.29) is 4.90 Å². The molecule has 0 aliphatic rings. The van der Waals surface area contributed by atoms with Crippen molar-refractivity contribution in [2.45, 2.75) is 25.3 Å². The molecule has 0 atom stereocenters. The van der Waals surface area contributed by atoms with Gasteiger partial charge >= 0.3 is 0 Å². The van der Waals surface area contributed by atoms with E-state index in [0.717, 1.165) is 0 Å². The van der Waals surface area contributed by atoms with Gasteiger partial charge in [0.2, 0.25) is 0 Å². The lowest BCUT2D eigenvalue weighted by molar-refractivity contribution is 0.600. The second-order valence-corrected chi connectivity index (χ2v) is 5.93. The van der Waals surface area contributed by atoms with Gasteiger partial charge in [-0.15, -0.1) is 0 Å². The van der Waals surface area contributed by atoms with Gasteiger partial charge in [-0.25, -0.2) is 8.42 Å². The van der Waals surface area contributed by atoms with Crippen molar-refractivity contribution in [3.05, 3.63) is 41.7 Å². The number of benzene rings is 1. The van der Waals surface area contributed by atoms with Gasteiger partial charge in [0, 0.05) is 12.7 Å². The molecule has 0 amide bonds. The Morgan fingerprint density at radius 3 is 2.80 bits per heavy atom. The van der Waals surface area contributed by atoms with Gasteiger partial charge in [-0.2, -0.15) is 10.4 Å². The van der Waals surface area contributed by atoms with E-state index < -0.39 is 10.0 Å². The highest BCUT2D eigenvalue weighted by atomic mass is 32.2. The summed E-state index contributed by atoms with van der Waals surface area (Å²) < 4.78 is 28.7. The third-order valence-corrected chi connectivity index (χ3v) is 4.34. The summed E-state index contributed by atoms with van der Waals surface area (Å²) in [6.45, 7) is 4.25. The van der Waals surface area contributed by atoms with Crippen LogP contribution in [0.4, 0.5) is 5.69 Å². The zero-order valence-electron chi connectivity index (χ0n) is 11.2. The first-order valence-corrected chi connectivity index (χ1v) is 7.50. The number of aryl methyl sites for hydroxylation is 2. The van der Waals surface area contributed by atoms with Gasteiger partial charge in [0.05, 0.1) is 28.4 Å². The molecule has 0 saturated heterocycles. The van der Waals surface area contributed by atoms with Gasteiger partial charge in [-0.05, 0) is 31.5 Å². The Morgan fingerprint density at radius 2 is 2.20 bits per heavy atom. The Kier molecular flexibility index (Phi) is 3.77. The van der Waals surface area contributed by atoms with Crippen molar-refractivity contribution >= 4 is 15.7 Å². The molecule has 0 saturated carbocycles. The maximum atomic E-state index is 12.3. The molecule has 0 spiro atoms. The number of nitriles is 1. The minimum atomic E-state index is -3.73. The smallest absolute Gasteiger partial charge is 0.262 e. The monoisotopic (exact) mass is 290 g/mol. The number of hydrogen-bond acceptors (Lipinski definition) is 4. The summed E-state index contributed by atoms with van der Waals surface area (Å²) in [7, 11) is -3.73. The number of aromatic nitrogens is 2. The lowest BCUT2D eigenvalue weighted by Gasteiger charge is -2.09. The first-order valence-electron chi connectivity index (χ1n) is 6.02. The van der Waals surface area contributed by atoms with Crippen molar-refractivity contribution in [3.63, 3.8) is 0 Å². The molecule has 1 N–H and O–H groups in total. The van der Waals surface area contributed by atoms with Crippen LogP contribution in [0, 0.1) is 18.3 Å². The van der Waals surface area contributed by atoms with E-state index in [1.165, 1.54) is 12.3 Å². The number of rotatable bonds is 4. The Labute approximate surface area is 117 Å². The van der Waals surface area contributed by atoms with Gasteiger partial charge in [-0.3, -0.25) is 9.40 Å².